The molecule has 2 aromatic carbocycles. The topological polar surface area (TPSA) is 127 Å². The third kappa shape index (κ3) is 5.30. The van der Waals surface area contributed by atoms with Crippen LogP contribution in [0.3, 0.4) is 0 Å². The number of pyridine rings is 1. The van der Waals surface area contributed by atoms with E-state index in [2.05, 4.69) is 30.0 Å². The average molecular weight is 481 g/mol. The summed E-state index contributed by atoms with van der Waals surface area (Å²) >= 11 is 6.02. The Kier molecular flexibility index (Phi) is 6.29. The van der Waals surface area contributed by atoms with Crippen LogP contribution in [-0.2, 0) is 10.0 Å². The van der Waals surface area contributed by atoms with Gasteiger partial charge in [-0.05, 0) is 55.5 Å². The maximum Gasteiger partial charge on any atom is 0.261 e. The number of para-hydroxylation sites is 1. The maximum absolute atomic E-state index is 12.7. The molecule has 2 N–H and O–H groups in total. The lowest BCUT2D eigenvalue weighted by Crippen LogP contribution is -2.17. The van der Waals surface area contributed by atoms with Crippen molar-refractivity contribution in [3.63, 3.8) is 0 Å². The number of sulfonamides is 1. The zero-order chi connectivity index (χ0) is 23.4. The Morgan fingerprint density at radius 1 is 0.909 bits per heavy atom. The number of aromatic nitrogens is 4. The predicted octanol–water partition coefficient (Wildman–Crippen LogP) is 3.95. The van der Waals surface area contributed by atoms with Crippen LogP contribution in [0.15, 0.2) is 77.8 Å². The van der Waals surface area contributed by atoms with Crippen molar-refractivity contribution in [2.75, 3.05) is 10.0 Å². The molecule has 0 saturated heterocycles. The highest BCUT2D eigenvalue weighted by atomic mass is 35.5. The minimum absolute atomic E-state index is 0.0209. The van der Waals surface area contributed by atoms with Gasteiger partial charge in [0.1, 0.15) is 11.5 Å². The molecule has 0 aliphatic rings. The lowest BCUT2D eigenvalue weighted by Gasteiger charge is -2.10. The van der Waals surface area contributed by atoms with Gasteiger partial charge in [-0.2, -0.15) is 9.97 Å². The highest BCUT2D eigenvalue weighted by Crippen LogP contribution is 2.24. The molecule has 166 valence electrons. The molecule has 0 spiro atoms. The van der Waals surface area contributed by atoms with Crippen molar-refractivity contribution < 1.29 is 13.2 Å². The Bertz CT molecular complexity index is 1410. The van der Waals surface area contributed by atoms with Gasteiger partial charge in [0.2, 0.25) is 5.95 Å². The third-order valence-electron chi connectivity index (χ3n) is 4.41. The van der Waals surface area contributed by atoms with Crippen molar-refractivity contribution in [1.29, 1.82) is 0 Å². The van der Waals surface area contributed by atoms with Gasteiger partial charge < -0.3 is 0 Å². The first-order valence-corrected chi connectivity index (χ1v) is 11.5. The standard InChI is InChI=1S/C22H17ClN6O3S/c1-14-25-20(19-8-4-5-13-24-19)27-22(26-14)28-21(30)15-9-11-16(12-10-15)33(31,32)29-18-7-3-2-6-17(18)23/h2-13,29H,1H3,(H,25,26,27,28,30). The van der Waals surface area contributed by atoms with Crippen LogP contribution in [0.4, 0.5) is 11.6 Å². The van der Waals surface area contributed by atoms with Crippen LogP contribution in [0.25, 0.3) is 11.5 Å². The minimum atomic E-state index is -3.89. The van der Waals surface area contributed by atoms with Gasteiger partial charge in [-0.25, -0.2) is 13.4 Å². The van der Waals surface area contributed by atoms with E-state index in [4.69, 9.17) is 11.6 Å². The second-order valence-electron chi connectivity index (χ2n) is 6.81. The Labute approximate surface area is 195 Å². The van der Waals surface area contributed by atoms with Crippen LogP contribution in [0.1, 0.15) is 16.2 Å². The van der Waals surface area contributed by atoms with E-state index in [0.717, 1.165) is 0 Å². The highest BCUT2D eigenvalue weighted by molar-refractivity contribution is 7.92. The maximum atomic E-state index is 12.7. The van der Waals surface area contributed by atoms with Gasteiger partial charge in [0.05, 0.1) is 15.6 Å². The molecule has 33 heavy (non-hydrogen) atoms. The van der Waals surface area contributed by atoms with Crippen molar-refractivity contribution in [3.05, 3.63) is 89.3 Å². The van der Waals surface area contributed by atoms with Gasteiger partial charge in [-0.15, -0.1) is 0 Å². The summed E-state index contributed by atoms with van der Waals surface area (Å²) in [7, 11) is -3.89. The molecule has 1 amide bonds. The number of rotatable bonds is 6. The average Bonchev–Trinajstić information content (AvgIpc) is 2.81. The number of amides is 1. The smallest absolute Gasteiger partial charge is 0.261 e. The molecule has 4 rings (SSSR count). The molecular weight excluding hydrogens is 464 g/mol. The zero-order valence-corrected chi connectivity index (χ0v) is 18.8. The summed E-state index contributed by atoms with van der Waals surface area (Å²) in [5.41, 5.74) is 1.03. The number of benzene rings is 2. The van der Waals surface area contributed by atoms with E-state index in [1.165, 1.54) is 24.3 Å². The van der Waals surface area contributed by atoms with E-state index in [9.17, 15) is 13.2 Å². The fraction of sp³-hybridized carbons (Fsp3) is 0.0455. The molecule has 4 aromatic rings. The normalized spacial score (nSPS) is 11.1. The minimum Gasteiger partial charge on any atom is -0.290 e. The number of aryl methyl sites for hydroxylation is 1. The SMILES string of the molecule is Cc1nc(NC(=O)c2ccc(S(=O)(=O)Nc3ccccc3Cl)cc2)nc(-c2ccccn2)n1. The fourth-order valence-electron chi connectivity index (χ4n) is 2.85. The number of carbonyl (C=O) groups excluding carboxylic acids is 1. The molecular formula is C22H17ClN6O3S. The number of hydrogen-bond acceptors (Lipinski definition) is 7. The van der Waals surface area contributed by atoms with Crippen LogP contribution in [0.2, 0.25) is 5.02 Å². The second kappa shape index (κ2) is 9.31. The van der Waals surface area contributed by atoms with Crippen molar-refractivity contribution in [1.82, 2.24) is 19.9 Å². The predicted molar refractivity (Wildman–Crippen MR) is 124 cm³/mol. The first kappa shape index (κ1) is 22.3. The lowest BCUT2D eigenvalue weighted by atomic mass is 10.2. The van der Waals surface area contributed by atoms with E-state index >= 15 is 0 Å². The van der Waals surface area contributed by atoms with E-state index in [0.29, 0.717) is 17.3 Å². The number of nitrogens with zero attached hydrogens (tertiary/aromatic N) is 4. The Hall–Kier alpha value is -3.89. The van der Waals surface area contributed by atoms with E-state index in [1.54, 1.807) is 55.6 Å². The van der Waals surface area contributed by atoms with Crippen LogP contribution in [0, 0.1) is 6.92 Å². The molecule has 9 nitrogen and oxygen atoms in total. The lowest BCUT2D eigenvalue weighted by molar-refractivity contribution is 0.102. The molecule has 0 unspecified atom stereocenters. The van der Waals surface area contributed by atoms with Gasteiger partial charge in [0, 0.05) is 11.8 Å². The number of nitrogens with one attached hydrogen (secondary N) is 2. The van der Waals surface area contributed by atoms with Crippen molar-refractivity contribution in [2.24, 2.45) is 0 Å². The van der Waals surface area contributed by atoms with Crippen molar-refractivity contribution >= 4 is 39.2 Å². The monoisotopic (exact) mass is 480 g/mol. The highest BCUT2D eigenvalue weighted by Gasteiger charge is 2.17. The van der Waals surface area contributed by atoms with E-state index < -0.39 is 15.9 Å². The van der Waals surface area contributed by atoms with Crippen LogP contribution in [0.5, 0.6) is 0 Å². The largest absolute Gasteiger partial charge is 0.290 e. The summed E-state index contributed by atoms with van der Waals surface area (Å²) in [6.07, 6.45) is 1.61. The molecule has 0 aliphatic carbocycles. The number of hydrogen-bond donors (Lipinski definition) is 2. The first-order valence-electron chi connectivity index (χ1n) is 9.65. The molecule has 0 atom stereocenters. The molecule has 0 fully saturated rings. The molecule has 0 saturated carbocycles. The molecule has 0 bridgehead atoms. The van der Waals surface area contributed by atoms with Gasteiger partial charge in [0.15, 0.2) is 5.82 Å². The fourth-order valence-corrected chi connectivity index (χ4v) is 4.17. The quantitative estimate of drug-likeness (QED) is 0.427. The zero-order valence-electron chi connectivity index (χ0n) is 17.2. The Morgan fingerprint density at radius 3 is 2.33 bits per heavy atom. The molecule has 0 aliphatic heterocycles. The van der Waals surface area contributed by atoms with E-state index in [-0.39, 0.29) is 27.1 Å². The number of halogens is 1. The van der Waals surface area contributed by atoms with Gasteiger partial charge >= 0.3 is 0 Å². The van der Waals surface area contributed by atoms with Crippen molar-refractivity contribution in [2.45, 2.75) is 11.8 Å². The summed E-state index contributed by atoms with van der Waals surface area (Å²) in [6, 6.07) is 17.2. The molecule has 0 radical (unpaired) electrons. The summed E-state index contributed by atoms with van der Waals surface area (Å²) in [4.78, 5) is 29.5. The Balaban J connectivity index is 1.51. The summed E-state index contributed by atoms with van der Waals surface area (Å²) < 4.78 is 27.7. The molecule has 11 heteroatoms. The third-order valence-corrected chi connectivity index (χ3v) is 6.12. The Morgan fingerprint density at radius 2 is 1.64 bits per heavy atom. The molecule has 2 aromatic heterocycles. The van der Waals surface area contributed by atoms with Gasteiger partial charge in [-0.1, -0.05) is 29.8 Å². The van der Waals surface area contributed by atoms with E-state index in [1.807, 2.05) is 0 Å². The number of anilines is 2. The van der Waals surface area contributed by atoms with Gasteiger partial charge in [-0.3, -0.25) is 19.8 Å². The molecule has 2 heterocycles. The summed E-state index contributed by atoms with van der Waals surface area (Å²) in [5.74, 6) is 0.291. The van der Waals surface area contributed by atoms with Crippen molar-refractivity contribution in [3.8, 4) is 11.5 Å². The van der Waals surface area contributed by atoms with Crippen LogP contribution < -0.4 is 10.0 Å². The van der Waals surface area contributed by atoms with Crippen LogP contribution in [-0.4, -0.2) is 34.3 Å². The summed E-state index contributed by atoms with van der Waals surface area (Å²) in [6.45, 7) is 1.68. The summed E-state index contributed by atoms with van der Waals surface area (Å²) in [5, 5.41) is 2.88. The van der Waals surface area contributed by atoms with Crippen LogP contribution >= 0.6 is 11.6 Å². The second-order valence-corrected chi connectivity index (χ2v) is 8.90. The number of carbonyl (C=O) groups is 1. The van der Waals surface area contributed by atoms with Gasteiger partial charge in [0.25, 0.3) is 15.9 Å². The first-order chi connectivity index (χ1) is 15.8.